The van der Waals surface area contributed by atoms with Crippen LogP contribution >= 0.6 is 39.1 Å². The van der Waals surface area contributed by atoms with Gasteiger partial charge in [-0.2, -0.15) is 0 Å². The van der Waals surface area contributed by atoms with E-state index in [-0.39, 0.29) is 0 Å². The molecule has 110 valence electrons. The summed E-state index contributed by atoms with van der Waals surface area (Å²) < 4.78 is 0.748. The van der Waals surface area contributed by atoms with E-state index >= 15 is 0 Å². The number of aromatic nitrogens is 2. The summed E-state index contributed by atoms with van der Waals surface area (Å²) in [6.07, 6.45) is 2.24. The second-order valence-corrected chi connectivity index (χ2v) is 6.67. The van der Waals surface area contributed by atoms with Crippen LogP contribution in [-0.4, -0.2) is 9.97 Å². The molecule has 4 nitrogen and oxygen atoms in total. The van der Waals surface area contributed by atoms with E-state index in [9.17, 15) is 0 Å². The van der Waals surface area contributed by atoms with E-state index < -0.39 is 0 Å². The average molecular weight is 388 g/mol. The van der Waals surface area contributed by atoms with E-state index in [1.807, 2.05) is 19.1 Å². The lowest BCUT2D eigenvalue weighted by Gasteiger charge is -2.14. The van der Waals surface area contributed by atoms with Crippen molar-refractivity contribution in [1.29, 1.82) is 0 Å². The number of nitrogens with one attached hydrogen (secondary N) is 1. The Morgan fingerprint density at radius 2 is 1.95 bits per heavy atom. The quantitative estimate of drug-likeness (QED) is 0.722. The van der Waals surface area contributed by atoms with Gasteiger partial charge in [0.2, 0.25) is 0 Å². The molecule has 3 rings (SSSR count). The van der Waals surface area contributed by atoms with Crippen LogP contribution in [0.15, 0.2) is 16.6 Å². The Morgan fingerprint density at radius 3 is 2.62 bits per heavy atom. The highest BCUT2D eigenvalue weighted by Gasteiger charge is 2.28. The first-order chi connectivity index (χ1) is 9.97. The van der Waals surface area contributed by atoms with Crippen LogP contribution in [-0.2, 0) is 0 Å². The lowest BCUT2D eigenvalue weighted by Crippen LogP contribution is -2.06. The Kier molecular flexibility index (Phi) is 3.99. The van der Waals surface area contributed by atoms with Crippen LogP contribution in [0.25, 0.3) is 0 Å². The highest BCUT2D eigenvalue weighted by molar-refractivity contribution is 9.10. The molecule has 21 heavy (non-hydrogen) atoms. The van der Waals surface area contributed by atoms with Gasteiger partial charge in [-0.05, 0) is 47.8 Å². The van der Waals surface area contributed by atoms with Gasteiger partial charge in [0.15, 0.2) is 0 Å². The Balaban J connectivity index is 2.00. The van der Waals surface area contributed by atoms with Gasteiger partial charge in [-0.25, -0.2) is 9.97 Å². The topological polar surface area (TPSA) is 63.8 Å². The molecule has 0 bridgehead atoms. The fraction of sp³-hybridized carbons (Fsp3) is 0.286. The number of nitrogen functional groups attached to an aromatic ring is 1. The maximum absolute atomic E-state index is 6.26. The van der Waals surface area contributed by atoms with Crippen molar-refractivity contribution in [3.63, 3.8) is 0 Å². The van der Waals surface area contributed by atoms with Gasteiger partial charge < -0.3 is 11.1 Å². The largest absolute Gasteiger partial charge is 0.383 e. The molecule has 0 radical (unpaired) electrons. The van der Waals surface area contributed by atoms with Crippen molar-refractivity contribution in [2.45, 2.75) is 25.7 Å². The number of hydrogen-bond donors (Lipinski definition) is 2. The molecule has 0 spiro atoms. The van der Waals surface area contributed by atoms with E-state index in [0.717, 1.165) is 28.7 Å². The summed E-state index contributed by atoms with van der Waals surface area (Å²) in [4.78, 5) is 8.92. The van der Waals surface area contributed by atoms with Gasteiger partial charge in [-0.15, -0.1) is 0 Å². The predicted molar refractivity (Wildman–Crippen MR) is 90.6 cm³/mol. The lowest BCUT2D eigenvalue weighted by molar-refractivity contribution is 0.928. The van der Waals surface area contributed by atoms with Crippen LogP contribution < -0.4 is 11.1 Å². The molecule has 0 unspecified atom stereocenters. The second-order valence-electron chi connectivity index (χ2n) is 5.06. The molecule has 0 amide bonds. The maximum atomic E-state index is 6.26. The van der Waals surface area contributed by atoms with Crippen LogP contribution in [0, 0.1) is 6.92 Å². The molecule has 1 aromatic heterocycles. The van der Waals surface area contributed by atoms with Gasteiger partial charge in [0.05, 0.1) is 15.7 Å². The van der Waals surface area contributed by atoms with E-state index in [4.69, 9.17) is 28.9 Å². The molecular weight excluding hydrogens is 375 g/mol. The zero-order valence-electron chi connectivity index (χ0n) is 11.3. The van der Waals surface area contributed by atoms with Crippen molar-refractivity contribution >= 4 is 56.5 Å². The molecule has 1 heterocycles. The Labute approximate surface area is 141 Å². The first kappa shape index (κ1) is 14.9. The van der Waals surface area contributed by atoms with Crippen molar-refractivity contribution in [3.8, 4) is 0 Å². The zero-order valence-corrected chi connectivity index (χ0v) is 14.3. The van der Waals surface area contributed by atoms with Crippen molar-refractivity contribution in [2.75, 3.05) is 11.1 Å². The molecule has 2 aromatic rings. The van der Waals surface area contributed by atoms with Crippen LogP contribution in [0.4, 0.5) is 17.3 Å². The lowest BCUT2D eigenvalue weighted by atomic mass is 10.2. The first-order valence-corrected chi connectivity index (χ1v) is 8.06. The third-order valence-electron chi connectivity index (χ3n) is 3.43. The van der Waals surface area contributed by atoms with E-state index in [1.165, 1.54) is 0 Å². The summed E-state index contributed by atoms with van der Waals surface area (Å²) in [5, 5.41) is 4.11. The summed E-state index contributed by atoms with van der Waals surface area (Å²) in [6.45, 7) is 1.88. The number of nitrogens with zero attached hydrogens (tertiary/aromatic N) is 2. The summed E-state index contributed by atoms with van der Waals surface area (Å²) in [5.41, 5.74) is 7.46. The predicted octanol–water partition coefficient (Wildman–Crippen LogP) is 5.06. The zero-order chi connectivity index (χ0) is 15.1. The second kappa shape index (κ2) is 5.63. The molecule has 1 aliphatic carbocycles. The maximum Gasteiger partial charge on any atom is 0.139 e. The summed E-state index contributed by atoms with van der Waals surface area (Å²) in [7, 11) is 0. The average Bonchev–Trinajstić information content (AvgIpc) is 3.28. The molecule has 0 aliphatic heterocycles. The summed E-state index contributed by atoms with van der Waals surface area (Å²) in [5.74, 6) is 2.38. The van der Waals surface area contributed by atoms with Crippen LogP contribution in [0.2, 0.25) is 10.0 Å². The molecule has 7 heteroatoms. The number of nitrogens with two attached hydrogens (primary N) is 1. The van der Waals surface area contributed by atoms with Gasteiger partial charge in [0.1, 0.15) is 17.5 Å². The van der Waals surface area contributed by atoms with Crippen LogP contribution in [0.5, 0.6) is 0 Å². The molecule has 1 aromatic carbocycles. The summed E-state index contributed by atoms with van der Waals surface area (Å²) in [6, 6.07) is 3.67. The smallest absolute Gasteiger partial charge is 0.139 e. The minimum atomic E-state index is 0.428. The van der Waals surface area contributed by atoms with Crippen molar-refractivity contribution in [2.24, 2.45) is 0 Å². The minimum Gasteiger partial charge on any atom is -0.383 e. The Hall–Kier alpha value is -1.04. The highest BCUT2D eigenvalue weighted by atomic mass is 79.9. The number of halogens is 3. The third-order valence-corrected chi connectivity index (χ3v) is 5.20. The highest BCUT2D eigenvalue weighted by Crippen LogP contribution is 2.41. The fourth-order valence-corrected chi connectivity index (χ4v) is 2.77. The van der Waals surface area contributed by atoms with Crippen molar-refractivity contribution in [1.82, 2.24) is 9.97 Å². The van der Waals surface area contributed by atoms with Gasteiger partial charge in [0, 0.05) is 16.0 Å². The van der Waals surface area contributed by atoms with E-state index in [1.54, 1.807) is 0 Å². The number of benzene rings is 1. The molecular formula is C14H13BrCl2N4. The molecule has 1 saturated carbocycles. The third kappa shape index (κ3) is 2.96. The molecule has 1 aliphatic rings. The van der Waals surface area contributed by atoms with E-state index in [0.29, 0.717) is 33.3 Å². The monoisotopic (exact) mass is 386 g/mol. The fourth-order valence-electron chi connectivity index (χ4n) is 1.95. The van der Waals surface area contributed by atoms with Crippen LogP contribution in [0.1, 0.15) is 30.1 Å². The number of rotatable bonds is 3. The molecule has 0 atom stereocenters. The Bertz CT molecular complexity index is 717. The minimum absolute atomic E-state index is 0.428. The van der Waals surface area contributed by atoms with Crippen molar-refractivity contribution in [3.05, 3.63) is 38.0 Å². The molecule has 3 N–H and O–H groups in total. The summed E-state index contributed by atoms with van der Waals surface area (Å²) >= 11 is 15.7. The number of anilines is 3. The van der Waals surface area contributed by atoms with Gasteiger partial charge >= 0.3 is 0 Å². The number of hydrogen-bond acceptors (Lipinski definition) is 4. The first-order valence-electron chi connectivity index (χ1n) is 6.52. The molecule has 0 saturated heterocycles. The Morgan fingerprint density at radius 1 is 1.24 bits per heavy atom. The van der Waals surface area contributed by atoms with Gasteiger partial charge in [-0.3, -0.25) is 0 Å². The standard InChI is InChI=1S/C14H13BrCl2N4/c1-6-12(18)20-14(7-2-3-7)21-13(6)19-9-5-4-8(15)10(16)11(9)17/h4-5,7H,2-3H2,1H3,(H3,18,19,20,21). The van der Waals surface area contributed by atoms with Crippen molar-refractivity contribution < 1.29 is 0 Å². The molecule has 1 fully saturated rings. The van der Waals surface area contributed by atoms with Gasteiger partial charge in [-0.1, -0.05) is 23.2 Å². The van der Waals surface area contributed by atoms with E-state index in [2.05, 4.69) is 31.2 Å². The van der Waals surface area contributed by atoms with Gasteiger partial charge in [0.25, 0.3) is 0 Å². The van der Waals surface area contributed by atoms with Crippen LogP contribution in [0.3, 0.4) is 0 Å². The SMILES string of the molecule is Cc1c(N)nc(C2CC2)nc1Nc1ccc(Br)c(Cl)c1Cl. The normalized spacial score (nSPS) is 14.3.